The monoisotopic (exact) mass is 306 g/mol. The molecule has 0 aliphatic heterocycles. The Morgan fingerprint density at radius 1 is 1.29 bits per heavy atom. The molecule has 0 unspecified atom stereocenters. The van der Waals surface area contributed by atoms with Crippen LogP contribution in [0.2, 0.25) is 0 Å². The lowest BCUT2D eigenvalue weighted by Gasteiger charge is -2.07. The quantitative estimate of drug-likeness (QED) is 0.736. The van der Waals surface area contributed by atoms with E-state index in [1.807, 2.05) is 0 Å². The second-order valence-corrected chi connectivity index (χ2v) is 6.00. The molecule has 0 aliphatic rings. The lowest BCUT2D eigenvalue weighted by atomic mass is 10.3. The van der Waals surface area contributed by atoms with Crippen LogP contribution in [0.5, 0.6) is 0 Å². The van der Waals surface area contributed by atoms with Crippen LogP contribution < -0.4 is 10.6 Å². The second-order valence-electron chi connectivity index (χ2n) is 4.89. The molecule has 0 atom stereocenters. The molecular formula is C15H22N4OS. The van der Waals surface area contributed by atoms with Crippen molar-refractivity contribution in [3.63, 3.8) is 0 Å². The third-order valence-corrected chi connectivity index (χ3v) is 4.41. The molecule has 0 saturated heterocycles. The van der Waals surface area contributed by atoms with Crippen molar-refractivity contribution < 1.29 is 4.79 Å². The van der Waals surface area contributed by atoms with Crippen LogP contribution in [0.3, 0.4) is 0 Å². The number of aromatic nitrogens is 2. The van der Waals surface area contributed by atoms with E-state index in [-0.39, 0.29) is 5.91 Å². The highest BCUT2D eigenvalue weighted by molar-refractivity contribution is 7.18. The maximum Gasteiger partial charge on any atom is 0.221 e. The van der Waals surface area contributed by atoms with E-state index in [1.165, 1.54) is 4.88 Å². The van der Waals surface area contributed by atoms with E-state index in [9.17, 15) is 4.79 Å². The zero-order chi connectivity index (χ0) is 15.1. The normalized spacial score (nSPS) is 10.8. The summed E-state index contributed by atoms with van der Waals surface area (Å²) in [6.07, 6.45) is 5.15. The highest BCUT2D eigenvalue weighted by Crippen LogP contribution is 2.28. The van der Waals surface area contributed by atoms with Gasteiger partial charge in [0.2, 0.25) is 5.91 Å². The Morgan fingerprint density at radius 2 is 2.14 bits per heavy atom. The first-order chi connectivity index (χ1) is 10.2. The number of unbranched alkanes of at least 4 members (excludes halogenated alkanes) is 1. The number of aryl methyl sites for hydroxylation is 1. The number of nitrogens with zero attached hydrogens (tertiary/aromatic N) is 2. The van der Waals surface area contributed by atoms with Gasteiger partial charge in [-0.1, -0.05) is 20.3 Å². The van der Waals surface area contributed by atoms with Gasteiger partial charge in [0.1, 0.15) is 17.0 Å². The smallest absolute Gasteiger partial charge is 0.221 e. The van der Waals surface area contributed by atoms with E-state index in [0.717, 1.165) is 41.8 Å². The maximum atomic E-state index is 11.6. The van der Waals surface area contributed by atoms with Gasteiger partial charge in [-0.2, -0.15) is 0 Å². The largest absolute Gasteiger partial charge is 0.369 e. The average Bonchev–Trinajstić information content (AvgIpc) is 2.91. The fourth-order valence-corrected chi connectivity index (χ4v) is 2.94. The molecular weight excluding hydrogens is 284 g/mol. The number of anilines is 1. The van der Waals surface area contributed by atoms with Crippen molar-refractivity contribution >= 4 is 33.3 Å². The van der Waals surface area contributed by atoms with Gasteiger partial charge in [-0.3, -0.25) is 4.79 Å². The number of hydrogen-bond acceptors (Lipinski definition) is 5. The number of fused-ring (bicyclic) bond motifs is 1. The van der Waals surface area contributed by atoms with Crippen molar-refractivity contribution in [1.29, 1.82) is 0 Å². The minimum absolute atomic E-state index is 0.0841. The molecule has 2 N–H and O–H groups in total. The van der Waals surface area contributed by atoms with Gasteiger partial charge in [-0.05, 0) is 18.9 Å². The summed E-state index contributed by atoms with van der Waals surface area (Å²) in [4.78, 5) is 22.5. The second kappa shape index (κ2) is 7.93. The van der Waals surface area contributed by atoms with E-state index in [0.29, 0.717) is 13.0 Å². The first-order valence-corrected chi connectivity index (χ1v) is 8.30. The van der Waals surface area contributed by atoms with Gasteiger partial charge in [-0.25, -0.2) is 9.97 Å². The molecule has 0 bridgehead atoms. The Morgan fingerprint density at radius 3 is 2.90 bits per heavy atom. The Balaban J connectivity index is 1.88. The first-order valence-electron chi connectivity index (χ1n) is 7.48. The van der Waals surface area contributed by atoms with Crippen molar-refractivity contribution in [3.05, 3.63) is 17.3 Å². The fourth-order valence-electron chi connectivity index (χ4n) is 2.01. The first kappa shape index (κ1) is 15.7. The topological polar surface area (TPSA) is 66.9 Å². The van der Waals surface area contributed by atoms with Crippen LogP contribution in [0.15, 0.2) is 12.4 Å². The summed E-state index contributed by atoms with van der Waals surface area (Å²) in [5.74, 6) is 0.901. The minimum Gasteiger partial charge on any atom is -0.369 e. The maximum absolute atomic E-state index is 11.6. The highest BCUT2D eigenvalue weighted by atomic mass is 32.1. The molecule has 0 aromatic carbocycles. The van der Waals surface area contributed by atoms with Crippen LogP contribution in [0.1, 0.15) is 38.0 Å². The summed E-state index contributed by atoms with van der Waals surface area (Å²) in [6.45, 7) is 5.59. The third kappa shape index (κ3) is 4.39. The number of hydrogen-bond donors (Lipinski definition) is 2. The van der Waals surface area contributed by atoms with Crippen LogP contribution in [0.25, 0.3) is 10.2 Å². The van der Waals surface area contributed by atoms with Gasteiger partial charge in [0.15, 0.2) is 0 Å². The molecule has 0 spiro atoms. The number of thiophene rings is 1. The summed E-state index contributed by atoms with van der Waals surface area (Å²) < 4.78 is 0. The standard InChI is InChI=1S/C15H22N4OS/c1-3-5-7-16-13(20)6-8-17-14-12-9-11(4-2)21-15(12)19-10-18-14/h9-10H,3-8H2,1-2H3,(H,16,20)(H,17,18,19). The van der Waals surface area contributed by atoms with Crippen molar-refractivity contribution in [1.82, 2.24) is 15.3 Å². The van der Waals surface area contributed by atoms with Gasteiger partial charge in [-0.15, -0.1) is 11.3 Å². The van der Waals surface area contributed by atoms with Crippen LogP contribution in [-0.4, -0.2) is 29.0 Å². The van der Waals surface area contributed by atoms with E-state index < -0.39 is 0 Å². The number of carbonyl (C=O) groups is 1. The van der Waals surface area contributed by atoms with Crippen LogP contribution in [0.4, 0.5) is 5.82 Å². The molecule has 0 saturated carbocycles. The predicted molar refractivity (Wildman–Crippen MR) is 87.8 cm³/mol. The van der Waals surface area contributed by atoms with Crippen LogP contribution in [0, 0.1) is 0 Å². The van der Waals surface area contributed by atoms with Crippen molar-refractivity contribution in [3.8, 4) is 0 Å². The van der Waals surface area contributed by atoms with Gasteiger partial charge in [0.05, 0.1) is 5.39 Å². The SMILES string of the molecule is CCCCNC(=O)CCNc1ncnc2sc(CC)cc12. The summed E-state index contributed by atoms with van der Waals surface area (Å²) >= 11 is 1.69. The molecule has 0 fully saturated rings. The number of rotatable bonds is 8. The molecule has 2 aromatic rings. The molecule has 2 rings (SSSR count). The number of amides is 1. The van der Waals surface area contributed by atoms with Crippen molar-refractivity contribution in [2.45, 2.75) is 39.5 Å². The van der Waals surface area contributed by atoms with Gasteiger partial charge in [0, 0.05) is 24.4 Å². The van der Waals surface area contributed by atoms with Crippen LogP contribution >= 0.6 is 11.3 Å². The number of nitrogens with one attached hydrogen (secondary N) is 2. The molecule has 6 heteroatoms. The average molecular weight is 306 g/mol. The Labute approximate surface area is 129 Å². The van der Waals surface area contributed by atoms with E-state index in [1.54, 1.807) is 17.7 Å². The molecule has 0 radical (unpaired) electrons. The molecule has 2 aromatic heterocycles. The zero-order valence-corrected chi connectivity index (χ0v) is 13.4. The van der Waals surface area contributed by atoms with Crippen LogP contribution in [-0.2, 0) is 11.2 Å². The minimum atomic E-state index is 0.0841. The predicted octanol–water partition coefficient (Wildman–Crippen LogP) is 2.97. The fraction of sp³-hybridized carbons (Fsp3) is 0.533. The van der Waals surface area contributed by atoms with E-state index >= 15 is 0 Å². The molecule has 2 heterocycles. The summed E-state index contributed by atoms with van der Waals surface area (Å²) in [6, 6.07) is 2.13. The van der Waals surface area contributed by atoms with Crippen molar-refractivity contribution in [2.24, 2.45) is 0 Å². The molecule has 114 valence electrons. The molecule has 5 nitrogen and oxygen atoms in total. The molecule has 0 aliphatic carbocycles. The summed E-state index contributed by atoms with van der Waals surface area (Å²) in [7, 11) is 0. The highest BCUT2D eigenvalue weighted by Gasteiger charge is 2.08. The van der Waals surface area contributed by atoms with Gasteiger partial charge in [0.25, 0.3) is 0 Å². The molecule has 21 heavy (non-hydrogen) atoms. The Bertz CT molecular complexity index is 596. The molecule has 1 amide bonds. The zero-order valence-electron chi connectivity index (χ0n) is 12.6. The van der Waals surface area contributed by atoms with Gasteiger partial charge >= 0.3 is 0 Å². The van der Waals surface area contributed by atoms with Crippen molar-refractivity contribution in [2.75, 3.05) is 18.4 Å². The van der Waals surface area contributed by atoms with E-state index in [4.69, 9.17) is 0 Å². The summed E-state index contributed by atoms with van der Waals surface area (Å²) in [5.41, 5.74) is 0. The lowest BCUT2D eigenvalue weighted by molar-refractivity contribution is -0.120. The lowest BCUT2D eigenvalue weighted by Crippen LogP contribution is -2.26. The Kier molecular flexibility index (Phi) is 5.92. The summed E-state index contributed by atoms with van der Waals surface area (Å²) in [5, 5.41) is 7.20. The number of carbonyl (C=O) groups excluding carboxylic acids is 1. The van der Waals surface area contributed by atoms with Gasteiger partial charge < -0.3 is 10.6 Å². The Hall–Kier alpha value is -1.69. The third-order valence-electron chi connectivity index (χ3n) is 3.23. The van der Waals surface area contributed by atoms with E-state index in [2.05, 4.69) is 40.5 Å².